The van der Waals surface area contributed by atoms with Gasteiger partial charge in [0.2, 0.25) is 5.91 Å². The van der Waals surface area contributed by atoms with Crippen molar-refractivity contribution in [3.05, 3.63) is 36.6 Å². The Morgan fingerprint density at radius 1 is 1.58 bits per heavy atom. The maximum Gasteiger partial charge on any atom is 0.224 e. The first kappa shape index (κ1) is 10.7. The molecule has 0 radical (unpaired) electrons. The van der Waals surface area contributed by atoms with Crippen LogP contribution in [0.15, 0.2) is 36.6 Å². The Labute approximate surface area is 73.7 Å². The van der Waals surface area contributed by atoms with Gasteiger partial charge >= 0.3 is 0 Å². The highest BCUT2D eigenvalue weighted by atomic mass is 16.1. The molecule has 2 heteroatoms. The zero-order valence-corrected chi connectivity index (χ0v) is 7.63. The molecule has 1 N–H and O–H groups in total. The third-order valence-electron chi connectivity index (χ3n) is 1.33. The lowest BCUT2D eigenvalue weighted by Crippen LogP contribution is -2.20. The fourth-order valence-corrected chi connectivity index (χ4v) is 0.631. The van der Waals surface area contributed by atoms with Crippen LogP contribution in [-0.4, -0.2) is 5.91 Å². The molecule has 0 unspecified atom stereocenters. The number of allylic oxidation sites excluding steroid dienone is 4. The van der Waals surface area contributed by atoms with Crippen molar-refractivity contribution < 1.29 is 4.79 Å². The number of carbonyl (C=O) groups is 1. The molecule has 0 spiro atoms. The Morgan fingerprint density at radius 3 is 2.67 bits per heavy atom. The number of carbonyl (C=O) groups excluding carboxylic acids is 1. The SMILES string of the molecule is C=C/C=C\C(=C/C)NC(=O)CC. The quantitative estimate of drug-likeness (QED) is 0.635. The smallest absolute Gasteiger partial charge is 0.224 e. The Morgan fingerprint density at radius 2 is 2.25 bits per heavy atom. The average Bonchev–Trinajstić information content (AvgIpc) is 2.11. The molecule has 0 aliphatic heterocycles. The van der Waals surface area contributed by atoms with Gasteiger partial charge in [-0.05, 0) is 13.0 Å². The zero-order valence-electron chi connectivity index (χ0n) is 7.63. The van der Waals surface area contributed by atoms with E-state index >= 15 is 0 Å². The summed E-state index contributed by atoms with van der Waals surface area (Å²) < 4.78 is 0. The van der Waals surface area contributed by atoms with Gasteiger partial charge in [-0.15, -0.1) is 0 Å². The summed E-state index contributed by atoms with van der Waals surface area (Å²) in [7, 11) is 0. The van der Waals surface area contributed by atoms with Gasteiger partial charge in [0.25, 0.3) is 0 Å². The fraction of sp³-hybridized carbons (Fsp3) is 0.300. The topological polar surface area (TPSA) is 29.1 Å². The summed E-state index contributed by atoms with van der Waals surface area (Å²) in [5.74, 6) is 0.0248. The average molecular weight is 165 g/mol. The largest absolute Gasteiger partial charge is 0.326 e. The monoisotopic (exact) mass is 165 g/mol. The van der Waals surface area contributed by atoms with Crippen molar-refractivity contribution in [1.82, 2.24) is 5.32 Å². The van der Waals surface area contributed by atoms with E-state index in [9.17, 15) is 4.79 Å². The van der Waals surface area contributed by atoms with E-state index in [1.54, 1.807) is 18.2 Å². The zero-order chi connectivity index (χ0) is 9.40. The van der Waals surface area contributed by atoms with Gasteiger partial charge in [-0.3, -0.25) is 4.79 Å². The van der Waals surface area contributed by atoms with Crippen LogP contribution in [0.4, 0.5) is 0 Å². The summed E-state index contributed by atoms with van der Waals surface area (Å²) in [6, 6.07) is 0. The molecule has 12 heavy (non-hydrogen) atoms. The van der Waals surface area contributed by atoms with Crippen molar-refractivity contribution >= 4 is 5.91 Å². The summed E-state index contributed by atoms with van der Waals surface area (Å²) in [5, 5.41) is 2.74. The summed E-state index contributed by atoms with van der Waals surface area (Å²) in [4.78, 5) is 10.9. The molecular formula is C10H15NO. The number of hydrogen-bond donors (Lipinski definition) is 1. The summed E-state index contributed by atoms with van der Waals surface area (Å²) in [6.07, 6.45) is 7.60. The second kappa shape index (κ2) is 6.40. The first-order valence-corrected chi connectivity index (χ1v) is 3.99. The van der Waals surface area contributed by atoms with Crippen LogP contribution in [0.3, 0.4) is 0 Å². The van der Waals surface area contributed by atoms with Crippen molar-refractivity contribution in [2.24, 2.45) is 0 Å². The van der Waals surface area contributed by atoms with Crippen LogP contribution < -0.4 is 5.32 Å². The highest BCUT2D eigenvalue weighted by molar-refractivity contribution is 5.77. The molecule has 0 aromatic heterocycles. The number of hydrogen-bond acceptors (Lipinski definition) is 1. The van der Waals surface area contributed by atoms with Crippen molar-refractivity contribution in [3.8, 4) is 0 Å². The second-order valence-electron chi connectivity index (χ2n) is 2.24. The van der Waals surface area contributed by atoms with Crippen LogP contribution in [0.5, 0.6) is 0 Å². The number of nitrogens with one attached hydrogen (secondary N) is 1. The van der Waals surface area contributed by atoms with Gasteiger partial charge in [0.1, 0.15) is 0 Å². The second-order valence-corrected chi connectivity index (χ2v) is 2.24. The van der Waals surface area contributed by atoms with Crippen LogP contribution in [0.1, 0.15) is 20.3 Å². The molecule has 0 atom stereocenters. The van der Waals surface area contributed by atoms with Crippen LogP contribution >= 0.6 is 0 Å². The van der Waals surface area contributed by atoms with Crippen molar-refractivity contribution in [2.45, 2.75) is 20.3 Å². The highest BCUT2D eigenvalue weighted by Gasteiger charge is 1.96. The Kier molecular flexibility index (Phi) is 5.70. The summed E-state index contributed by atoms with van der Waals surface area (Å²) >= 11 is 0. The lowest BCUT2D eigenvalue weighted by Gasteiger charge is -2.02. The van der Waals surface area contributed by atoms with E-state index in [-0.39, 0.29) is 5.91 Å². The predicted octanol–water partition coefficient (Wildman–Crippen LogP) is 2.16. The molecule has 2 nitrogen and oxygen atoms in total. The van der Waals surface area contributed by atoms with Crippen LogP contribution in [0, 0.1) is 0 Å². The van der Waals surface area contributed by atoms with Gasteiger partial charge in [0, 0.05) is 12.1 Å². The lowest BCUT2D eigenvalue weighted by atomic mass is 10.3. The Hall–Kier alpha value is -1.31. The van der Waals surface area contributed by atoms with Gasteiger partial charge in [-0.25, -0.2) is 0 Å². The van der Waals surface area contributed by atoms with Crippen molar-refractivity contribution in [2.75, 3.05) is 0 Å². The summed E-state index contributed by atoms with van der Waals surface area (Å²) in [6.45, 7) is 7.23. The molecular weight excluding hydrogens is 150 g/mol. The Bertz CT molecular complexity index is 214. The molecule has 0 aliphatic rings. The van der Waals surface area contributed by atoms with Gasteiger partial charge in [0.05, 0.1) is 0 Å². The van der Waals surface area contributed by atoms with Gasteiger partial charge in [0.15, 0.2) is 0 Å². The minimum absolute atomic E-state index is 0.0248. The van der Waals surface area contributed by atoms with Gasteiger partial charge in [-0.1, -0.05) is 31.7 Å². The predicted molar refractivity (Wildman–Crippen MR) is 51.5 cm³/mol. The lowest BCUT2D eigenvalue weighted by molar-refractivity contribution is -0.120. The molecule has 66 valence electrons. The minimum atomic E-state index is 0.0248. The van der Waals surface area contributed by atoms with Crippen LogP contribution in [0.2, 0.25) is 0 Å². The van der Waals surface area contributed by atoms with E-state index in [1.165, 1.54) is 0 Å². The molecule has 0 fully saturated rings. The molecule has 0 aromatic carbocycles. The molecule has 0 aliphatic carbocycles. The van der Waals surface area contributed by atoms with Gasteiger partial charge in [-0.2, -0.15) is 0 Å². The highest BCUT2D eigenvalue weighted by Crippen LogP contribution is 1.92. The van der Waals surface area contributed by atoms with E-state index in [1.807, 2.05) is 19.9 Å². The normalized spacial score (nSPS) is 11.7. The molecule has 0 aromatic rings. The summed E-state index contributed by atoms with van der Waals surface area (Å²) in [5.41, 5.74) is 0.807. The van der Waals surface area contributed by atoms with Crippen LogP contribution in [0.25, 0.3) is 0 Å². The number of rotatable bonds is 4. The minimum Gasteiger partial charge on any atom is -0.326 e. The molecule has 0 bridgehead atoms. The maximum atomic E-state index is 10.9. The van der Waals surface area contributed by atoms with Crippen LogP contribution in [-0.2, 0) is 4.79 Å². The third kappa shape index (κ3) is 4.50. The first-order valence-electron chi connectivity index (χ1n) is 3.99. The molecule has 0 heterocycles. The van der Waals surface area contributed by atoms with Crippen molar-refractivity contribution in [1.29, 1.82) is 0 Å². The van der Waals surface area contributed by atoms with Gasteiger partial charge < -0.3 is 5.32 Å². The first-order chi connectivity index (χ1) is 5.74. The number of amides is 1. The molecule has 1 amide bonds. The van der Waals surface area contributed by atoms with E-state index in [0.29, 0.717) is 6.42 Å². The molecule has 0 rings (SSSR count). The van der Waals surface area contributed by atoms with E-state index in [0.717, 1.165) is 5.70 Å². The van der Waals surface area contributed by atoms with E-state index < -0.39 is 0 Å². The van der Waals surface area contributed by atoms with E-state index in [2.05, 4.69) is 11.9 Å². The van der Waals surface area contributed by atoms with Crippen molar-refractivity contribution in [3.63, 3.8) is 0 Å². The third-order valence-corrected chi connectivity index (χ3v) is 1.33. The molecule has 0 saturated carbocycles. The standard InChI is InChI=1S/C10H15NO/c1-4-7-8-9(5-2)11-10(12)6-3/h4-5,7-8H,1,6H2,2-3H3,(H,11,12)/b8-7-,9-5+. The maximum absolute atomic E-state index is 10.9. The fourth-order valence-electron chi connectivity index (χ4n) is 0.631. The Balaban J connectivity index is 4.10. The van der Waals surface area contributed by atoms with E-state index in [4.69, 9.17) is 0 Å². The molecule has 0 saturated heterocycles.